The summed E-state index contributed by atoms with van der Waals surface area (Å²) in [4.78, 5) is 25.4. The maximum atomic E-state index is 12.9. The van der Waals surface area contributed by atoms with Crippen molar-refractivity contribution in [2.45, 2.75) is 40.7 Å². The molecule has 2 aromatic carbocycles. The second-order valence-electron chi connectivity index (χ2n) is 8.28. The number of carbonyl (C=O) groups is 2. The molecule has 7 nitrogen and oxygen atoms in total. The first kappa shape index (κ1) is 22.3. The van der Waals surface area contributed by atoms with Crippen LogP contribution in [0.15, 0.2) is 59.9 Å². The van der Waals surface area contributed by atoms with Gasteiger partial charge in [-0.3, -0.25) is 0 Å². The van der Waals surface area contributed by atoms with Gasteiger partial charge in [-0.2, -0.15) is 5.10 Å². The summed E-state index contributed by atoms with van der Waals surface area (Å²) < 4.78 is 7.11. The van der Waals surface area contributed by atoms with Crippen molar-refractivity contribution in [2.75, 3.05) is 6.61 Å². The van der Waals surface area contributed by atoms with Crippen LogP contribution >= 0.6 is 0 Å². The van der Waals surface area contributed by atoms with Gasteiger partial charge in [0.15, 0.2) is 0 Å². The highest BCUT2D eigenvalue weighted by atomic mass is 16.5. The normalized spacial score (nSPS) is 15.8. The number of carbonyl (C=O) groups excluding carboxylic acids is 2. The Bertz CT molecular complexity index is 1230. The molecule has 1 aliphatic heterocycles. The summed E-state index contributed by atoms with van der Waals surface area (Å²) in [6.07, 6.45) is 1.88. The molecular weight excluding hydrogens is 416 g/mol. The van der Waals surface area contributed by atoms with E-state index in [-0.39, 0.29) is 12.6 Å². The lowest BCUT2D eigenvalue weighted by Crippen LogP contribution is -2.45. The fourth-order valence-electron chi connectivity index (χ4n) is 4.47. The Morgan fingerprint density at radius 1 is 1.09 bits per heavy atom. The number of ether oxygens (including phenoxy) is 1. The molecule has 0 fully saturated rings. The maximum absolute atomic E-state index is 12.9. The van der Waals surface area contributed by atoms with E-state index < -0.39 is 12.0 Å². The summed E-state index contributed by atoms with van der Waals surface area (Å²) >= 11 is 0. The maximum Gasteiger partial charge on any atom is 0.338 e. The number of allylic oxidation sites excluding steroid dienone is 1. The molecule has 4 rings (SSSR count). The molecule has 1 aliphatic rings. The van der Waals surface area contributed by atoms with Crippen LogP contribution in [0, 0.1) is 20.8 Å². The Morgan fingerprint density at radius 2 is 1.76 bits per heavy atom. The first-order valence-electron chi connectivity index (χ1n) is 11.0. The molecule has 3 aromatic rings. The van der Waals surface area contributed by atoms with E-state index in [4.69, 9.17) is 9.84 Å². The smallest absolute Gasteiger partial charge is 0.338 e. The first-order chi connectivity index (χ1) is 15.8. The van der Waals surface area contributed by atoms with Crippen molar-refractivity contribution in [3.05, 3.63) is 82.2 Å². The van der Waals surface area contributed by atoms with Crippen LogP contribution in [0.3, 0.4) is 0 Å². The van der Waals surface area contributed by atoms with Gasteiger partial charge in [-0.1, -0.05) is 35.9 Å². The molecule has 0 radical (unpaired) electrons. The van der Waals surface area contributed by atoms with Crippen LogP contribution in [0.5, 0.6) is 0 Å². The zero-order valence-corrected chi connectivity index (χ0v) is 19.5. The number of nitrogens with zero attached hydrogens (tertiary/aromatic N) is 2. The van der Waals surface area contributed by atoms with Gasteiger partial charge in [-0.05, 0) is 57.9 Å². The minimum atomic E-state index is -0.703. The molecular formula is C26H28N4O3. The van der Waals surface area contributed by atoms with Crippen LogP contribution in [0.1, 0.15) is 42.1 Å². The van der Waals surface area contributed by atoms with Crippen LogP contribution < -0.4 is 10.6 Å². The van der Waals surface area contributed by atoms with Crippen LogP contribution in [0.2, 0.25) is 0 Å². The number of urea groups is 1. The van der Waals surface area contributed by atoms with Gasteiger partial charge in [0.2, 0.25) is 0 Å². The van der Waals surface area contributed by atoms with Crippen molar-refractivity contribution in [3.8, 4) is 16.9 Å². The lowest BCUT2D eigenvalue weighted by atomic mass is 9.90. The van der Waals surface area contributed by atoms with Crippen LogP contribution in [-0.2, 0) is 9.53 Å². The van der Waals surface area contributed by atoms with Gasteiger partial charge in [0, 0.05) is 23.0 Å². The monoisotopic (exact) mass is 444 g/mol. The van der Waals surface area contributed by atoms with E-state index in [2.05, 4.69) is 43.5 Å². The molecule has 0 unspecified atom stereocenters. The van der Waals surface area contributed by atoms with Gasteiger partial charge in [0.25, 0.3) is 0 Å². The van der Waals surface area contributed by atoms with E-state index in [1.807, 2.05) is 36.5 Å². The Hall–Kier alpha value is -3.87. The van der Waals surface area contributed by atoms with Gasteiger partial charge >= 0.3 is 12.0 Å². The molecule has 0 saturated carbocycles. The van der Waals surface area contributed by atoms with Crippen LogP contribution in [0.4, 0.5) is 4.79 Å². The van der Waals surface area contributed by atoms with Gasteiger partial charge in [-0.15, -0.1) is 0 Å². The molecule has 0 saturated heterocycles. The van der Waals surface area contributed by atoms with Gasteiger partial charge in [0.05, 0.1) is 29.6 Å². The third-order valence-electron chi connectivity index (χ3n) is 5.75. The van der Waals surface area contributed by atoms with E-state index in [1.54, 1.807) is 18.5 Å². The SMILES string of the molecule is CCOC(=O)C1=C(C)NC(=O)N[C@H]1c1cn(-c2ccccc2)nc1-c1c(C)cc(C)cc1C. The van der Waals surface area contributed by atoms with E-state index in [1.165, 1.54) is 0 Å². The highest BCUT2D eigenvalue weighted by molar-refractivity contribution is 5.95. The van der Waals surface area contributed by atoms with Crippen molar-refractivity contribution >= 4 is 12.0 Å². The van der Waals surface area contributed by atoms with Gasteiger partial charge < -0.3 is 15.4 Å². The molecule has 2 N–H and O–H groups in total. The van der Waals surface area contributed by atoms with Gasteiger partial charge in [0.1, 0.15) is 0 Å². The number of aromatic nitrogens is 2. The summed E-state index contributed by atoms with van der Waals surface area (Å²) in [7, 11) is 0. The van der Waals surface area contributed by atoms with Crippen molar-refractivity contribution in [1.82, 2.24) is 20.4 Å². The number of esters is 1. The van der Waals surface area contributed by atoms with Crippen molar-refractivity contribution in [1.29, 1.82) is 0 Å². The molecule has 2 heterocycles. The number of hydrogen-bond acceptors (Lipinski definition) is 4. The number of amides is 2. The molecule has 2 amide bonds. The van der Waals surface area contributed by atoms with Crippen molar-refractivity contribution < 1.29 is 14.3 Å². The molecule has 0 aliphatic carbocycles. The average molecular weight is 445 g/mol. The fourth-order valence-corrected chi connectivity index (χ4v) is 4.47. The summed E-state index contributed by atoms with van der Waals surface area (Å²) in [5.74, 6) is -0.469. The zero-order valence-electron chi connectivity index (χ0n) is 19.5. The number of para-hydroxylation sites is 1. The summed E-state index contributed by atoms with van der Waals surface area (Å²) in [5.41, 5.74) is 7.46. The molecule has 0 bridgehead atoms. The number of nitrogens with one attached hydrogen (secondary N) is 2. The molecule has 1 aromatic heterocycles. The number of hydrogen-bond donors (Lipinski definition) is 2. The lowest BCUT2D eigenvalue weighted by molar-refractivity contribution is -0.139. The average Bonchev–Trinajstić information content (AvgIpc) is 3.18. The predicted octanol–water partition coefficient (Wildman–Crippen LogP) is 4.66. The Kier molecular flexibility index (Phi) is 6.05. The Balaban J connectivity index is 1.97. The topological polar surface area (TPSA) is 85.2 Å². The summed E-state index contributed by atoms with van der Waals surface area (Å²) in [5, 5.41) is 10.6. The van der Waals surface area contributed by atoms with E-state index >= 15 is 0 Å². The second-order valence-corrected chi connectivity index (χ2v) is 8.28. The highest BCUT2D eigenvalue weighted by Gasteiger charge is 2.35. The number of rotatable bonds is 5. The molecule has 1 atom stereocenters. The summed E-state index contributed by atoms with van der Waals surface area (Å²) in [6, 6.07) is 12.9. The minimum absolute atomic E-state index is 0.239. The molecule has 7 heteroatoms. The first-order valence-corrected chi connectivity index (χ1v) is 11.0. The largest absolute Gasteiger partial charge is 0.463 e. The Morgan fingerprint density at radius 3 is 2.39 bits per heavy atom. The van der Waals surface area contributed by atoms with E-state index in [9.17, 15) is 9.59 Å². The van der Waals surface area contributed by atoms with E-state index in [0.29, 0.717) is 11.3 Å². The van der Waals surface area contributed by atoms with Crippen LogP contribution in [-0.4, -0.2) is 28.4 Å². The lowest BCUT2D eigenvalue weighted by Gasteiger charge is -2.28. The molecule has 0 spiro atoms. The van der Waals surface area contributed by atoms with Crippen LogP contribution in [0.25, 0.3) is 16.9 Å². The van der Waals surface area contributed by atoms with E-state index in [0.717, 1.165) is 39.2 Å². The molecule has 170 valence electrons. The van der Waals surface area contributed by atoms with Crippen molar-refractivity contribution in [3.63, 3.8) is 0 Å². The number of benzene rings is 2. The molecule has 33 heavy (non-hydrogen) atoms. The zero-order chi connectivity index (χ0) is 23.7. The van der Waals surface area contributed by atoms with Crippen molar-refractivity contribution in [2.24, 2.45) is 0 Å². The van der Waals surface area contributed by atoms with Gasteiger partial charge in [-0.25, -0.2) is 14.3 Å². The fraction of sp³-hybridized carbons (Fsp3) is 0.269. The third-order valence-corrected chi connectivity index (χ3v) is 5.75. The minimum Gasteiger partial charge on any atom is -0.463 e. The number of aryl methyl sites for hydroxylation is 3. The third kappa shape index (κ3) is 4.26. The predicted molar refractivity (Wildman–Crippen MR) is 127 cm³/mol. The second kappa shape index (κ2) is 8.94. The quantitative estimate of drug-likeness (QED) is 0.561. The summed E-state index contributed by atoms with van der Waals surface area (Å²) in [6.45, 7) is 9.87. The highest BCUT2D eigenvalue weighted by Crippen LogP contribution is 2.37. The standard InChI is InChI=1S/C26H28N4O3/c1-6-33-25(31)22-18(5)27-26(32)28-23(22)20-14-30(19-10-8-7-9-11-19)29-24(20)21-16(3)12-15(2)13-17(21)4/h7-14,23H,6H2,1-5H3,(H2,27,28,32)/t23-/m0/s1. The Labute approximate surface area is 193 Å².